The summed E-state index contributed by atoms with van der Waals surface area (Å²) in [6.45, 7) is 1.74. The van der Waals surface area contributed by atoms with E-state index in [1.165, 1.54) is 5.56 Å². The molecule has 93 valence electrons. The van der Waals surface area contributed by atoms with E-state index in [1.807, 2.05) is 19.3 Å². The van der Waals surface area contributed by atoms with Gasteiger partial charge in [0.25, 0.3) is 0 Å². The van der Waals surface area contributed by atoms with Crippen molar-refractivity contribution in [1.29, 1.82) is 0 Å². The molecule has 2 aromatic rings. The van der Waals surface area contributed by atoms with Crippen LogP contribution in [0.15, 0.2) is 42.7 Å². The number of benzene rings is 1. The number of hydrogen-bond donors (Lipinski definition) is 1. The van der Waals surface area contributed by atoms with Crippen LogP contribution < -0.4 is 0 Å². The number of aromatic nitrogens is 1. The summed E-state index contributed by atoms with van der Waals surface area (Å²) in [6, 6.07) is 13.3. The van der Waals surface area contributed by atoms with E-state index in [4.69, 9.17) is 5.11 Å². The number of rotatable bonds is 5. The Morgan fingerprint density at radius 3 is 2.61 bits per heavy atom. The Labute approximate surface area is 108 Å². The van der Waals surface area contributed by atoms with E-state index in [0.717, 1.165) is 17.7 Å². The van der Waals surface area contributed by atoms with Crippen LogP contribution in [0.1, 0.15) is 5.56 Å². The number of aliphatic hydroxyl groups is 1. The number of likely N-dealkylation sites (N-methyl/N-ethyl adjacent to an activating group) is 1. The van der Waals surface area contributed by atoms with E-state index >= 15 is 0 Å². The van der Waals surface area contributed by atoms with Crippen LogP contribution in [0.25, 0.3) is 11.1 Å². The maximum Gasteiger partial charge on any atom is 0.0558 e. The van der Waals surface area contributed by atoms with Gasteiger partial charge in [0, 0.05) is 37.1 Å². The SMILES string of the molecule is CN(CCO)Cc1ccc(-c2c[c]cnc2)cc1. The highest BCUT2D eigenvalue weighted by atomic mass is 16.3. The maximum absolute atomic E-state index is 8.86. The molecule has 0 bridgehead atoms. The van der Waals surface area contributed by atoms with Gasteiger partial charge in [0.05, 0.1) is 6.61 Å². The summed E-state index contributed by atoms with van der Waals surface area (Å²) in [7, 11) is 2.00. The lowest BCUT2D eigenvalue weighted by Gasteiger charge is -2.15. The molecule has 3 nitrogen and oxygen atoms in total. The highest BCUT2D eigenvalue weighted by Crippen LogP contribution is 2.18. The molecule has 1 radical (unpaired) electrons. The third-order valence-corrected chi connectivity index (χ3v) is 2.82. The van der Waals surface area contributed by atoms with Gasteiger partial charge < -0.3 is 5.11 Å². The van der Waals surface area contributed by atoms with Crippen molar-refractivity contribution in [3.05, 3.63) is 54.4 Å². The lowest BCUT2D eigenvalue weighted by atomic mass is 10.1. The Bertz CT molecular complexity index is 468. The molecule has 3 heteroatoms. The van der Waals surface area contributed by atoms with Gasteiger partial charge in [-0.1, -0.05) is 24.3 Å². The molecule has 0 atom stereocenters. The lowest BCUT2D eigenvalue weighted by Crippen LogP contribution is -2.21. The highest BCUT2D eigenvalue weighted by Gasteiger charge is 2.01. The normalized spacial score (nSPS) is 10.8. The second-order valence-electron chi connectivity index (χ2n) is 4.33. The molecule has 0 saturated carbocycles. The Morgan fingerprint density at radius 1 is 1.22 bits per heavy atom. The molecule has 0 saturated heterocycles. The molecule has 1 aromatic heterocycles. The fourth-order valence-electron chi connectivity index (χ4n) is 1.85. The van der Waals surface area contributed by atoms with E-state index in [2.05, 4.69) is 40.2 Å². The van der Waals surface area contributed by atoms with Gasteiger partial charge in [0.2, 0.25) is 0 Å². The average Bonchev–Trinajstić information content (AvgIpc) is 2.41. The molecule has 18 heavy (non-hydrogen) atoms. The third kappa shape index (κ3) is 3.39. The first-order valence-corrected chi connectivity index (χ1v) is 5.99. The van der Waals surface area contributed by atoms with Gasteiger partial charge in [-0.2, -0.15) is 0 Å². The molecule has 1 N–H and O–H groups in total. The van der Waals surface area contributed by atoms with Crippen LogP contribution in [0.3, 0.4) is 0 Å². The summed E-state index contributed by atoms with van der Waals surface area (Å²) in [5, 5.41) is 8.86. The highest BCUT2D eigenvalue weighted by molar-refractivity contribution is 5.62. The quantitative estimate of drug-likeness (QED) is 0.869. The molecular formula is C15H17N2O. The van der Waals surface area contributed by atoms with Gasteiger partial charge in [-0.3, -0.25) is 9.88 Å². The van der Waals surface area contributed by atoms with Crippen molar-refractivity contribution >= 4 is 0 Å². The van der Waals surface area contributed by atoms with Crippen molar-refractivity contribution in [2.75, 3.05) is 20.2 Å². The summed E-state index contributed by atoms with van der Waals surface area (Å²) < 4.78 is 0. The fraction of sp³-hybridized carbons (Fsp3) is 0.267. The number of hydrogen-bond acceptors (Lipinski definition) is 3. The van der Waals surface area contributed by atoms with Crippen molar-refractivity contribution in [1.82, 2.24) is 9.88 Å². The predicted molar refractivity (Wildman–Crippen MR) is 71.9 cm³/mol. The number of nitrogens with zero attached hydrogens (tertiary/aromatic N) is 2. The Hall–Kier alpha value is -1.71. The second kappa shape index (κ2) is 6.28. The minimum atomic E-state index is 0.195. The molecule has 0 aliphatic rings. The van der Waals surface area contributed by atoms with Crippen LogP contribution in [-0.4, -0.2) is 35.2 Å². The van der Waals surface area contributed by atoms with Gasteiger partial charge >= 0.3 is 0 Å². The minimum absolute atomic E-state index is 0.195. The van der Waals surface area contributed by atoms with Crippen molar-refractivity contribution in [2.45, 2.75) is 6.54 Å². The largest absolute Gasteiger partial charge is 0.395 e. The van der Waals surface area contributed by atoms with Crippen molar-refractivity contribution in [3.63, 3.8) is 0 Å². The van der Waals surface area contributed by atoms with Gasteiger partial charge in [-0.05, 0) is 24.2 Å². The van der Waals surface area contributed by atoms with Crippen LogP contribution in [0.2, 0.25) is 0 Å². The molecule has 0 aliphatic heterocycles. The smallest absolute Gasteiger partial charge is 0.0558 e. The van der Waals surface area contributed by atoms with Crippen molar-refractivity contribution < 1.29 is 5.11 Å². The van der Waals surface area contributed by atoms with Crippen molar-refractivity contribution in [3.8, 4) is 11.1 Å². The van der Waals surface area contributed by atoms with E-state index in [9.17, 15) is 0 Å². The zero-order valence-electron chi connectivity index (χ0n) is 10.5. The standard InChI is InChI=1S/C15H17N2O/c1-17(9-10-18)12-13-4-6-14(7-5-13)15-3-2-8-16-11-15/h3-8,11,18H,9-10,12H2,1H3. The van der Waals surface area contributed by atoms with E-state index in [1.54, 1.807) is 6.20 Å². The van der Waals surface area contributed by atoms with Gasteiger partial charge in [-0.25, -0.2) is 0 Å². The monoisotopic (exact) mass is 241 g/mol. The molecule has 0 amide bonds. The molecule has 0 unspecified atom stereocenters. The molecule has 0 aliphatic carbocycles. The number of aliphatic hydroxyl groups excluding tert-OH is 1. The molecule has 0 fully saturated rings. The van der Waals surface area contributed by atoms with Crippen LogP contribution in [-0.2, 0) is 6.54 Å². The van der Waals surface area contributed by atoms with E-state index in [0.29, 0.717) is 6.54 Å². The molecular weight excluding hydrogens is 224 g/mol. The first-order chi connectivity index (χ1) is 8.79. The molecule has 1 aromatic carbocycles. The Morgan fingerprint density at radius 2 is 2.00 bits per heavy atom. The van der Waals surface area contributed by atoms with Crippen molar-refractivity contribution in [2.24, 2.45) is 0 Å². The molecule has 0 spiro atoms. The van der Waals surface area contributed by atoms with Crippen LogP contribution >= 0.6 is 0 Å². The lowest BCUT2D eigenvalue weighted by molar-refractivity contribution is 0.217. The summed E-state index contributed by atoms with van der Waals surface area (Å²) in [5.74, 6) is 0. The predicted octanol–water partition coefficient (Wildman–Crippen LogP) is 1.97. The zero-order chi connectivity index (χ0) is 12.8. The number of pyridine rings is 1. The Kier molecular flexibility index (Phi) is 4.45. The van der Waals surface area contributed by atoms with Crippen LogP contribution in [0.4, 0.5) is 0 Å². The van der Waals surface area contributed by atoms with Gasteiger partial charge in [0.15, 0.2) is 0 Å². The second-order valence-corrected chi connectivity index (χ2v) is 4.33. The summed E-state index contributed by atoms with van der Waals surface area (Å²) in [5.41, 5.74) is 3.46. The average molecular weight is 241 g/mol. The van der Waals surface area contributed by atoms with E-state index < -0.39 is 0 Å². The Balaban J connectivity index is 2.06. The van der Waals surface area contributed by atoms with Crippen LogP contribution in [0.5, 0.6) is 0 Å². The van der Waals surface area contributed by atoms with Gasteiger partial charge in [0.1, 0.15) is 0 Å². The molecule has 1 heterocycles. The maximum atomic E-state index is 8.86. The zero-order valence-corrected chi connectivity index (χ0v) is 10.5. The van der Waals surface area contributed by atoms with Gasteiger partial charge in [-0.15, -0.1) is 0 Å². The van der Waals surface area contributed by atoms with Crippen LogP contribution in [0, 0.1) is 6.07 Å². The molecule has 2 rings (SSSR count). The van der Waals surface area contributed by atoms with E-state index in [-0.39, 0.29) is 6.61 Å². The summed E-state index contributed by atoms with van der Waals surface area (Å²) >= 11 is 0. The summed E-state index contributed by atoms with van der Waals surface area (Å²) in [4.78, 5) is 6.15. The first-order valence-electron chi connectivity index (χ1n) is 5.99. The first kappa shape index (κ1) is 12.7. The topological polar surface area (TPSA) is 36.4 Å². The summed E-state index contributed by atoms with van der Waals surface area (Å²) in [6.07, 6.45) is 3.49. The fourth-order valence-corrected chi connectivity index (χ4v) is 1.85. The third-order valence-electron chi connectivity index (χ3n) is 2.82. The minimum Gasteiger partial charge on any atom is -0.395 e.